The molecule has 0 spiro atoms. The summed E-state index contributed by atoms with van der Waals surface area (Å²) in [7, 11) is 0. The van der Waals surface area contributed by atoms with Gasteiger partial charge in [0.2, 0.25) is 11.7 Å². The number of nitro groups is 1. The zero-order valence-electron chi connectivity index (χ0n) is 21.0. The Labute approximate surface area is 219 Å². The van der Waals surface area contributed by atoms with E-state index in [9.17, 15) is 24.5 Å². The number of rotatable bonds is 8. The molecule has 0 aliphatic rings. The topological polar surface area (TPSA) is 140 Å². The van der Waals surface area contributed by atoms with Crippen molar-refractivity contribution in [2.45, 2.75) is 20.8 Å². The highest BCUT2D eigenvalue weighted by Gasteiger charge is 2.22. The Hall–Kier alpha value is -5.12. The van der Waals surface area contributed by atoms with Crippen LogP contribution in [0.25, 0.3) is 6.08 Å². The van der Waals surface area contributed by atoms with Crippen LogP contribution in [0.1, 0.15) is 42.3 Å². The third kappa shape index (κ3) is 7.69. The third-order valence-electron chi connectivity index (χ3n) is 5.09. The number of nitrogens with zero attached hydrogens (tertiary/aromatic N) is 2. The third-order valence-corrected chi connectivity index (χ3v) is 5.09. The molecule has 0 saturated carbocycles. The maximum absolute atomic E-state index is 12.5. The summed E-state index contributed by atoms with van der Waals surface area (Å²) in [6.07, 6.45) is 3.82. The number of ether oxygens (including phenoxy) is 1. The van der Waals surface area contributed by atoms with E-state index in [1.54, 1.807) is 57.2 Å². The van der Waals surface area contributed by atoms with E-state index < -0.39 is 27.9 Å². The maximum atomic E-state index is 12.5. The molecule has 194 valence electrons. The lowest BCUT2D eigenvalue weighted by Crippen LogP contribution is -2.27. The molecule has 2 amide bonds. The van der Waals surface area contributed by atoms with Crippen LogP contribution < -0.4 is 15.5 Å². The van der Waals surface area contributed by atoms with Crippen LogP contribution in [0.5, 0.6) is 5.75 Å². The Morgan fingerprint density at radius 3 is 2.26 bits per heavy atom. The molecule has 10 nitrogen and oxygen atoms in total. The molecule has 0 aliphatic heterocycles. The van der Waals surface area contributed by atoms with Gasteiger partial charge in [0.1, 0.15) is 0 Å². The SMILES string of the molecule is CC(C)(C)C(=O)Nc1ccc(C(=O)N/N=C/c2cccc([N+](=O)[O-])c2OC(=O)/C=C/c2ccccc2)cc1. The van der Waals surface area contributed by atoms with Gasteiger partial charge in [-0.05, 0) is 42.0 Å². The fourth-order valence-electron chi connectivity index (χ4n) is 3.01. The highest BCUT2D eigenvalue weighted by atomic mass is 16.6. The molecule has 0 aromatic heterocycles. The first kappa shape index (κ1) is 27.5. The van der Waals surface area contributed by atoms with Crippen molar-refractivity contribution in [2.24, 2.45) is 10.5 Å². The highest BCUT2D eigenvalue weighted by molar-refractivity contribution is 5.98. The molecule has 0 fully saturated rings. The van der Waals surface area contributed by atoms with Gasteiger partial charge in [0.15, 0.2) is 0 Å². The zero-order chi connectivity index (χ0) is 27.7. The van der Waals surface area contributed by atoms with E-state index in [0.29, 0.717) is 5.69 Å². The summed E-state index contributed by atoms with van der Waals surface area (Å²) >= 11 is 0. The van der Waals surface area contributed by atoms with E-state index in [-0.39, 0.29) is 22.8 Å². The predicted octanol–water partition coefficient (Wildman–Crippen LogP) is 4.96. The van der Waals surface area contributed by atoms with Crippen molar-refractivity contribution in [3.05, 3.63) is 106 Å². The number of benzene rings is 3. The van der Waals surface area contributed by atoms with E-state index in [0.717, 1.165) is 17.9 Å². The molecule has 10 heteroatoms. The first-order valence-electron chi connectivity index (χ1n) is 11.5. The van der Waals surface area contributed by atoms with Crippen molar-refractivity contribution in [3.63, 3.8) is 0 Å². The molecular formula is C28H26N4O6. The van der Waals surface area contributed by atoms with Crippen molar-refractivity contribution in [3.8, 4) is 5.75 Å². The van der Waals surface area contributed by atoms with Gasteiger partial charge in [0.25, 0.3) is 5.91 Å². The zero-order valence-corrected chi connectivity index (χ0v) is 21.0. The summed E-state index contributed by atoms with van der Waals surface area (Å²) in [5.74, 6) is -1.84. The molecule has 0 bridgehead atoms. The Kier molecular flexibility index (Phi) is 8.83. The number of carbonyl (C=O) groups excluding carboxylic acids is 3. The van der Waals surface area contributed by atoms with Crippen LogP contribution in [0.15, 0.2) is 84.0 Å². The molecule has 38 heavy (non-hydrogen) atoms. The van der Waals surface area contributed by atoms with Gasteiger partial charge < -0.3 is 10.1 Å². The Balaban J connectivity index is 1.71. The van der Waals surface area contributed by atoms with E-state index in [2.05, 4.69) is 15.8 Å². The highest BCUT2D eigenvalue weighted by Crippen LogP contribution is 2.30. The average Bonchev–Trinajstić information content (AvgIpc) is 2.88. The molecule has 3 rings (SSSR count). The molecule has 0 saturated heterocycles. The number of hydrogen-bond donors (Lipinski definition) is 2. The van der Waals surface area contributed by atoms with Crippen LogP contribution in [0.4, 0.5) is 11.4 Å². The number of hydrogen-bond acceptors (Lipinski definition) is 7. The minimum atomic E-state index is -0.819. The molecular weight excluding hydrogens is 488 g/mol. The first-order valence-corrected chi connectivity index (χ1v) is 11.5. The van der Waals surface area contributed by atoms with Crippen molar-refractivity contribution >= 4 is 41.4 Å². The fourth-order valence-corrected chi connectivity index (χ4v) is 3.01. The van der Waals surface area contributed by atoms with Gasteiger partial charge in [-0.2, -0.15) is 5.10 Å². The Morgan fingerprint density at radius 2 is 1.63 bits per heavy atom. The van der Waals surface area contributed by atoms with Crippen LogP contribution in [0.2, 0.25) is 0 Å². The van der Waals surface area contributed by atoms with Gasteiger partial charge in [-0.1, -0.05) is 57.2 Å². The van der Waals surface area contributed by atoms with E-state index >= 15 is 0 Å². The lowest BCUT2D eigenvalue weighted by molar-refractivity contribution is -0.385. The van der Waals surface area contributed by atoms with Crippen LogP contribution in [-0.4, -0.2) is 28.9 Å². The molecule has 0 aliphatic carbocycles. The number of nitrogens with one attached hydrogen (secondary N) is 2. The minimum Gasteiger partial charge on any atom is -0.415 e. The lowest BCUT2D eigenvalue weighted by Gasteiger charge is -2.17. The smallest absolute Gasteiger partial charge is 0.336 e. The second-order valence-electron chi connectivity index (χ2n) is 9.10. The summed E-state index contributed by atoms with van der Waals surface area (Å²) in [4.78, 5) is 47.8. The van der Waals surface area contributed by atoms with Gasteiger partial charge >= 0.3 is 11.7 Å². The van der Waals surface area contributed by atoms with Gasteiger partial charge in [-0.3, -0.25) is 19.7 Å². The van der Waals surface area contributed by atoms with Gasteiger partial charge in [0, 0.05) is 34.4 Å². The molecule has 2 N–H and O–H groups in total. The summed E-state index contributed by atoms with van der Waals surface area (Å²) < 4.78 is 5.26. The Bertz CT molecular complexity index is 1390. The van der Waals surface area contributed by atoms with Crippen molar-refractivity contribution in [2.75, 3.05) is 5.32 Å². The normalized spacial score (nSPS) is 11.3. The number of hydrazone groups is 1. The monoisotopic (exact) mass is 514 g/mol. The van der Waals surface area contributed by atoms with Crippen molar-refractivity contribution in [1.29, 1.82) is 0 Å². The molecule has 3 aromatic rings. The number of anilines is 1. The number of para-hydroxylation sites is 1. The van der Waals surface area contributed by atoms with Gasteiger partial charge in [-0.25, -0.2) is 10.2 Å². The van der Waals surface area contributed by atoms with E-state index in [4.69, 9.17) is 4.74 Å². The number of carbonyl (C=O) groups is 3. The van der Waals surface area contributed by atoms with Crippen LogP contribution >= 0.6 is 0 Å². The molecule has 0 unspecified atom stereocenters. The first-order chi connectivity index (χ1) is 18.0. The van der Waals surface area contributed by atoms with Crippen LogP contribution in [0, 0.1) is 15.5 Å². The molecule has 0 radical (unpaired) electrons. The molecule has 3 aromatic carbocycles. The fraction of sp³-hybridized carbons (Fsp3) is 0.143. The van der Waals surface area contributed by atoms with Gasteiger partial charge in [-0.15, -0.1) is 0 Å². The van der Waals surface area contributed by atoms with E-state index in [1.165, 1.54) is 36.4 Å². The average molecular weight is 515 g/mol. The summed E-state index contributed by atoms with van der Waals surface area (Å²) in [6, 6.07) is 19.3. The largest absolute Gasteiger partial charge is 0.415 e. The quantitative estimate of drug-likeness (QED) is 0.109. The number of esters is 1. The van der Waals surface area contributed by atoms with Crippen molar-refractivity contribution in [1.82, 2.24) is 5.43 Å². The van der Waals surface area contributed by atoms with Gasteiger partial charge in [0.05, 0.1) is 11.1 Å². The maximum Gasteiger partial charge on any atom is 0.336 e. The standard InChI is InChI=1S/C28H26N4O6/c1-28(2,3)27(35)30-22-15-13-20(14-16-22)26(34)31-29-18-21-10-7-11-23(32(36)37)25(21)38-24(33)17-12-19-8-5-4-6-9-19/h4-18H,1-3H3,(H,30,35)(H,31,34)/b17-12+,29-18+. The van der Waals surface area contributed by atoms with Crippen LogP contribution in [0.3, 0.4) is 0 Å². The lowest BCUT2D eigenvalue weighted by atomic mass is 9.95. The second kappa shape index (κ2) is 12.2. The number of amides is 2. The minimum absolute atomic E-state index is 0.112. The Morgan fingerprint density at radius 1 is 0.947 bits per heavy atom. The molecule has 0 heterocycles. The summed E-state index contributed by atoms with van der Waals surface area (Å²) in [5, 5.41) is 18.1. The summed E-state index contributed by atoms with van der Waals surface area (Å²) in [6.45, 7) is 5.37. The van der Waals surface area contributed by atoms with Crippen molar-refractivity contribution < 1.29 is 24.0 Å². The predicted molar refractivity (Wildman–Crippen MR) is 144 cm³/mol. The molecule has 0 atom stereocenters. The van der Waals surface area contributed by atoms with Crippen LogP contribution in [-0.2, 0) is 9.59 Å². The van der Waals surface area contributed by atoms with E-state index in [1.807, 2.05) is 6.07 Å². The second-order valence-corrected chi connectivity index (χ2v) is 9.10. The number of nitro benzene ring substituents is 1. The summed E-state index contributed by atoms with van der Waals surface area (Å²) in [5.41, 5.74) is 2.99.